The first kappa shape index (κ1) is 22.6. The highest BCUT2D eigenvalue weighted by molar-refractivity contribution is 7.92. The number of anilines is 1. The van der Waals surface area contributed by atoms with Crippen LogP contribution in [0.5, 0.6) is 0 Å². The maximum atomic E-state index is 13.2. The standard InChI is InChI=1S/C21H17FN4O5S/c22-17-12-10-16(11-13-17)14-23-24-21(27)15-25(19-8-4-5-9-20(19)26(28)29)32(30,31)18-6-2-1-3-7-18/h1-14H,15H2,(H,24,27)/b23-14-. The van der Waals surface area contributed by atoms with E-state index in [0.717, 1.165) is 6.07 Å². The number of nitro groups is 1. The van der Waals surface area contributed by atoms with Crippen molar-refractivity contribution >= 4 is 33.5 Å². The normalized spacial score (nSPS) is 11.3. The van der Waals surface area contributed by atoms with Gasteiger partial charge in [-0.25, -0.2) is 22.5 Å². The average Bonchev–Trinajstić information content (AvgIpc) is 2.79. The number of rotatable bonds is 8. The van der Waals surface area contributed by atoms with Crippen LogP contribution in [0.3, 0.4) is 0 Å². The molecule has 3 aromatic rings. The third-order valence-electron chi connectivity index (χ3n) is 4.24. The third kappa shape index (κ3) is 5.32. The highest BCUT2D eigenvalue weighted by Gasteiger charge is 2.31. The van der Waals surface area contributed by atoms with Gasteiger partial charge in [-0.2, -0.15) is 5.10 Å². The number of amides is 1. The Hall–Kier alpha value is -4.12. The molecule has 0 saturated heterocycles. The number of nitrogens with one attached hydrogen (secondary N) is 1. The van der Waals surface area contributed by atoms with E-state index in [2.05, 4.69) is 10.5 Å². The molecule has 0 aliphatic heterocycles. The number of carbonyl (C=O) groups is 1. The highest BCUT2D eigenvalue weighted by atomic mass is 32.2. The summed E-state index contributed by atoms with van der Waals surface area (Å²) < 4.78 is 40.1. The second-order valence-corrected chi connectivity index (χ2v) is 8.28. The predicted octanol–water partition coefficient (Wildman–Crippen LogP) is 3.08. The number of halogens is 1. The van der Waals surface area contributed by atoms with E-state index in [9.17, 15) is 27.7 Å². The molecule has 0 radical (unpaired) electrons. The lowest BCUT2D eigenvalue weighted by molar-refractivity contribution is -0.384. The molecule has 3 aromatic carbocycles. The van der Waals surface area contributed by atoms with Crippen LogP contribution in [0.15, 0.2) is 88.9 Å². The van der Waals surface area contributed by atoms with Crippen molar-refractivity contribution in [3.05, 3.63) is 100 Å². The molecule has 0 saturated carbocycles. The molecule has 0 bridgehead atoms. The molecular formula is C21H17FN4O5S. The Morgan fingerprint density at radius 2 is 1.66 bits per heavy atom. The van der Waals surface area contributed by atoms with Crippen molar-refractivity contribution in [2.24, 2.45) is 5.10 Å². The summed E-state index contributed by atoms with van der Waals surface area (Å²) >= 11 is 0. The molecule has 32 heavy (non-hydrogen) atoms. The van der Waals surface area contributed by atoms with Gasteiger partial charge in [-0.1, -0.05) is 42.5 Å². The van der Waals surface area contributed by atoms with Crippen LogP contribution in [-0.4, -0.2) is 32.0 Å². The van der Waals surface area contributed by atoms with E-state index in [4.69, 9.17) is 0 Å². The number of nitrogens with zero attached hydrogens (tertiary/aromatic N) is 3. The number of hydrogen-bond acceptors (Lipinski definition) is 6. The summed E-state index contributed by atoms with van der Waals surface area (Å²) in [4.78, 5) is 23.1. The molecule has 1 N–H and O–H groups in total. The maximum absolute atomic E-state index is 13.2. The van der Waals surface area contributed by atoms with E-state index in [1.165, 1.54) is 72.9 Å². The summed E-state index contributed by atoms with van der Waals surface area (Å²) in [6.07, 6.45) is 1.25. The monoisotopic (exact) mass is 456 g/mol. The average molecular weight is 456 g/mol. The van der Waals surface area contributed by atoms with Crippen LogP contribution >= 0.6 is 0 Å². The summed E-state index contributed by atoms with van der Waals surface area (Å²) in [5, 5.41) is 15.2. The lowest BCUT2D eigenvalue weighted by Crippen LogP contribution is -2.39. The van der Waals surface area contributed by atoms with Crippen LogP contribution in [-0.2, 0) is 14.8 Å². The summed E-state index contributed by atoms with van der Waals surface area (Å²) in [6.45, 7) is -0.761. The van der Waals surface area contributed by atoms with Gasteiger partial charge >= 0.3 is 0 Å². The van der Waals surface area contributed by atoms with Gasteiger partial charge in [0.05, 0.1) is 16.0 Å². The smallest absolute Gasteiger partial charge is 0.271 e. The minimum Gasteiger partial charge on any atom is -0.271 e. The minimum absolute atomic E-state index is 0.138. The summed E-state index contributed by atoms with van der Waals surface area (Å²) in [5.74, 6) is -1.27. The van der Waals surface area contributed by atoms with Gasteiger partial charge in [-0.3, -0.25) is 14.9 Å². The lowest BCUT2D eigenvalue weighted by atomic mass is 10.2. The molecule has 0 aromatic heterocycles. The molecular weight excluding hydrogens is 439 g/mol. The Morgan fingerprint density at radius 1 is 1.03 bits per heavy atom. The van der Waals surface area contributed by atoms with Crippen LogP contribution in [0.25, 0.3) is 0 Å². The second kappa shape index (κ2) is 9.79. The zero-order chi connectivity index (χ0) is 23.1. The lowest BCUT2D eigenvalue weighted by Gasteiger charge is -2.23. The number of para-hydroxylation sites is 2. The topological polar surface area (TPSA) is 122 Å². The Morgan fingerprint density at radius 3 is 2.31 bits per heavy atom. The van der Waals surface area contributed by atoms with Crippen molar-refractivity contribution in [3.63, 3.8) is 0 Å². The van der Waals surface area contributed by atoms with Gasteiger partial charge in [0.1, 0.15) is 18.0 Å². The van der Waals surface area contributed by atoms with Gasteiger partial charge in [-0.05, 0) is 35.9 Å². The Kier molecular flexibility index (Phi) is 6.90. The van der Waals surface area contributed by atoms with E-state index >= 15 is 0 Å². The highest BCUT2D eigenvalue weighted by Crippen LogP contribution is 2.31. The SMILES string of the molecule is O=C(CN(c1ccccc1[N+](=O)[O-])S(=O)(=O)c1ccccc1)N/N=C\c1ccc(F)cc1. The van der Waals surface area contributed by atoms with E-state index < -0.39 is 38.9 Å². The van der Waals surface area contributed by atoms with Crippen molar-refractivity contribution < 1.29 is 22.5 Å². The third-order valence-corrected chi connectivity index (χ3v) is 6.01. The Balaban J connectivity index is 1.90. The fourth-order valence-electron chi connectivity index (χ4n) is 2.74. The van der Waals surface area contributed by atoms with E-state index in [1.54, 1.807) is 6.07 Å². The summed E-state index contributed by atoms with van der Waals surface area (Å²) in [6, 6.07) is 17.8. The number of benzene rings is 3. The number of hydrazone groups is 1. The van der Waals surface area contributed by atoms with Crippen molar-refractivity contribution in [2.75, 3.05) is 10.8 Å². The number of hydrogen-bond donors (Lipinski definition) is 1. The first-order valence-corrected chi connectivity index (χ1v) is 10.6. The molecule has 3 rings (SSSR count). The Labute approximate surface area is 183 Å². The predicted molar refractivity (Wildman–Crippen MR) is 116 cm³/mol. The van der Waals surface area contributed by atoms with Gasteiger partial charge in [0.15, 0.2) is 0 Å². The summed E-state index contributed by atoms with van der Waals surface area (Å²) in [7, 11) is -4.31. The van der Waals surface area contributed by atoms with E-state index in [-0.39, 0.29) is 10.6 Å². The molecule has 0 spiro atoms. The maximum Gasteiger partial charge on any atom is 0.293 e. The largest absolute Gasteiger partial charge is 0.293 e. The van der Waals surface area contributed by atoms with Crippen LogP contribution in [0, 0.1) is 15.9 Å². The van der Waals surface area contributed by atoms with Crippen LogP contribution < -0.4 is 9.73 Å². The number of sulfonamides is 1. The molecule has 0 unspecified atom stereocenters. The fourth-order valence-corrected chi connectivity index (χ4v) is 4.20. The molecule has 0 atom stereocenters. The van der Waals surface area contributed by atoms with Crippen molar-refractivity contribution in [3.8, 4) is 0 Å². The molecule has 0 fully saturated rings. The molecule has 0 heterocycles. The molecule has 1 amide bonds. The quantitative estimate of drug-likeness (QED) is 0.317. The van der Waals surface area contributed by atoms with Crippen molar-refractivity contribution in [2.45, 2.75) is 4.90 Å². The number of nitro benzene ring substituents is 1. The molecule has 0 aliphatic carbocycles. The van der Waals surface area contributed by atoms with Gasteiger partial charge in [-0.15, -0.1) is 0 Å². The zero-order valence-electron chi connectivity index (χ0n) is 16.5. The van der Waals surface area contributed by atoms with Crippen molar-refractivity contribution in [1.82, 2.24) is 5.43 Å². The van der Waals surface area contributed by atoms with Crippen molar-refractivity contribution in [1.29, 1.82) is 0 Å². The second-order valence-electron chi connectivity index (χ2n) is 6.42. The van der Waals surface area contributed by atoms with E-state index in [0.29, 0.717) is 9.87 Å². The number of carbonyl (C=O) groups excluding carboxylic acids is 1. The van der Waals surface area contributed by atoms with Gasteiger partial charge < -0.3 is 0 Å². The zero-order valence-corrected chi connectivity index (χ0v) is 17.3. The first-order valence-electron chi connectivity index (χ1n) is 9.18. The fraction of sp³-hybridized carbons (Fsp3) is 0.0476. The minimum atomic E-state index is -4.31. The molecule has 164 valence electrons. The van der Waals surface area contributed by atoms with Crippen LogP contribution in [0.2, 0.25) is 0 Å². The molecule has 11 heteroatoms. The van der Waals surface area contributed by atoms with Gasteiger partial charge in [0.2, 0.25) is 0 Å². The van der Waals surface area contributed by atoms with Crippen LogP contribution in [0.1, 0.15) is 5.56 Å². The molecule has 9 nitrogen and oxygen atoms in total. The summed E-state index contributed by atoms with van der Waals surface area (Å²) in [5.41, 5.74) is 1.94. The molecule has 0 aliphatic rings. The van der Waals surface area contributed by atoms with Crippen LogP contribution in [0.4, 0.5) is 15.8 Å². The van der Waals surface area contributed by atoms with Gasteiger partial charge in [0.25, 0.3) is 21.6 Å². The Bertz CT molecular complexity index is 1250. The van der Waals surface area contributed by atoms with Gasteiger partial charge in [0, 0.05) is 6.07 Å². The first-order chi connectivity index (χ1) is 15.3. The van der Waals surface area contributed by atoms with E-state index in [1.807, 2.05) is 0 Å².